The fourth-order valence-corrected chi connectivity index (χ4v) is 4.31. The minimum atomic E-state index is -0.535. The predicted octanol–water partition coefficient (Wildman–Crippen LogP) is 3.30. The summed E-state index contributed by atoms with van der Waals surface area (Å²) in [7, 11) is 0. The summed E-state index contributed by atoms with van der Waals surface area (Å²) in [6.45, 7) is 0.300. The van der Waals surface area contributed by atoms with Crippen molar-refractivity contribution in [2.45, 2.75) is 56.6 Å². The lowest BCUT2D eigenvalue weighted by molar-refractivity contribution is -0.0835. The molecule has 1 heterocycles. The van der Waals surface area contributed by atoms with Crippen LogP contribution in [0.2, 0.25) is 0 Å². The van der Waals surface area contributed by atoms with Gasteiger partial charge in [-0.25, -0.2) is 0 Å². The fraction of sp³-hybridized carbons (Fsp3) is 0.647. The van der Waals surface area contributed by atoms with E-state index in [1.807, 2.05) is 18.2 Å². The van der Waals surface area contributed by atoms with Crippen LogP contribution in [-0.4, -0.2) is 23.5 Å². The van der Waals surface area contributed by atoms with Crippen molar-refractivity contribution in [1.29, 1.82) is 0 Å². The summed E-state index contributed by atoms with van der Waals surface area (Å²) in [4.78, 5) is 0. The maximum atomic E-state index is 11.2. The van der Waals surface area contributed by atoms with Crippen molar-refractivity contribution in [3.05, 3.63) is 18.2 Å². The SMILES string of the molecule is OC12CCCCC1CCCC2Nc1ccc2c(c1)OCO2. The summed E-state index contributed by atoms with van der Waals surface area (Å²) in [6.07, 6.45) is 7.94. The van der Waals surface area contributed by atoms with Gasteiger partial charge in [-0.2, -0.15) is 0 Å². The van der Waals surface area contributed by atoms with Crippen molar-refractivity contribution >= 4 is 5.69 Å². The molecule has 0 amide bonds. The van der Waals surface area contributed by atoms with Crippen molar-refractivity contribution in [1.82, 2.24) is 0 Å². The van der Waals surface area contributed by atoms with Crippen LogP contribution >= 0.6 is 0 Å². The lowest BCUT2D eigenvalue weighted by Crippen LogP contribution is -2.56. The first-order valence-corrected chi connectivity index (χ1v) is 8.14. The Hall–Kier alpha value is -1.42. The third-order valence-electron chi connectivity index (χ3n) is 5.45. The molecule has 0 bridgehead atoms. The average molecular weight is 289 g/mol. The Morgan fingerprint density at radius 3 is 2.86 bits per heavy atom. The number of hydrogen-bond donors (Lipinski definition) is 2. The summed E-state index contributed by atoms with van der Waals surface area (Å²) < 4.78 is 10.8. The van der Waals surface area contributed by atoms with E-state index in [1.165, 1.54) is 25.7 Å². The number of benzene rings is 1. The predicted molar refractivity (Wildman–Crippen MR) is 80.7 cm³/mol. The lowest BCUT2D eigenvalue weighted by atomic mass is 9.65. The summed E-state index contributed by atoms with van der Waals surface area (Å²) in [5.74, 6) is 2.06. The van der Waals surface area contributed by atoms with Crippen molar-refractivity contribution in [3.8, 4) is 11.5 Å². The zero-order valence-electron chi connectivity index (χ0n) is 12.3. The van der Waals surface area contributed by atoms with Crippen LogP contribution in [0.25, 0.3) is 0 Å². The number of ether oxygens (including phenoxy) is 2. The summed E-state index contributed by atoms with van der Waals surface area (Å²) in [5.41, 5.74) is 0.483. The second kappa shape index (κ2) is 5.09. The summed E-state index contributed by atoms with van der Waals surface area (Å²) in [6, 6.07) is 6.09. The number of anilines is 1. The Balaban J connectivity index is 1.55. The highest BCUT2D eigenvalue weighted by molar-refractivity contribution is 5.56. The van der Waals surface area contributed by atoms with Crippen molar-refractivity contribution < 1.29 is 14.6 Å². The molecule has 2 saturated carbocycles. The molecule has 0 saturated heterocycles. The molecule has 0 aromatic heterocycles. The van der Waals surface area contributed by atoms with Crippen LogP contribution in [0.15, 0.2) is 18.2 Å². The Bertz CT molecular complexity index is 531. The van der Waals surface area contributed by atoms with E-state index in [0.29, 0.717) is 12.7 Å². The van der Waals surface area contributed by atoms with Gasteiger partial charge in [-0.05, 0) is 43.7 Å². The number of fused-ring (bicyclic) bond motifs is 2. The number of rotatable bonds is 2. The Labute approximate surface area is 125 Å². The van der Waals surface area contributed by atoms with Gasteiger partial charge in [0.05, 0.1) is 11.6 Å². The average Bonchev–Trinajstić information content (AvgIpc) is 2.95. The molecule has 2 N–H and O–H groups in total. The molecule has 0 spiro atoms. The summed E-state index contributed by atoms with van der Waals surface area (Å²) >= 11 is 0. The van der Waals surface area contributed by atoms with Crippen LogP contribution in [0.5, 0.6) is 11.5 Å². The van der Waals surface area contributed by atoms with Crippen LogP contribution in [0.1, 0.15) is 44.9 Å². The monoisotopic (exact) mass is 289 g/mol. The topological polar surface area (TPSA) is 50.7 Å². The van der Waals surface area contributed by atoms with Gasteiger partial charge in [0.15, 0.2) is 11.5 Å². The molecule has 114 valence electrons. The molecule has 2 fully saturated rings. The van der Waals surface area contributed by atoms with Gasteiger partial charge in [-0.15, -0.1) is 0 Å². The van der Waals surface area contributed by atoms with Crippen LogP contribution in [0.3, 0.4) is 0 Å². The highest BCUT2D eigenvalue weighted by atomic mass is 16.7. The molecule has 1 aromatic carbocycles. The van der Waals surface area contributed by atoms with E-state index in [9.17, 15) is 5.11 Å². The van der Waals surface area contributed by atoms with E-state index in [0.717, 1.165) is 36.4 Å². The molecule has 4 nitrogen and oxygen atoms in total. The van der Waals surface area contributed by atoms with Gasteiger partial charge >= 0.3 is 0 Å². The zero-order chi connectivity index (χ0) is 14.3. The smallest absolute Gasteiger partial charge is 0.231 e. The van der Waals surface area contributed by atoms with E-state index < -0.39 is 5.60 Å². The molecular weight excluding hydrogens is 266 g/mol. The lowest BCUT2D eigenvalue weighted by Gasteiger charge is -2.49. The third kappa shape index (κ3) is 2.26. The second-order valence-electron chi connectivity index (χ2n) is 6.63. The van der Waals surface area contributed by atoms with E-state index in [-0.39, 0.29) is 6.04 Å². The van der Waals surface area contributed by atoms with E-state index >= 15 is 0 Å². The molecule has 1 aliphatic heterocycles. The van der Waals surface area contributed by atoms with E-state index in [2.05, 4.69) is 5.32 Å². The van der Waals surface area contributed by atoms with Gasteiger partial charge in [0, 0.05) is 11.8 Å². The highest BCUT2D eigenvalue weighted by Crippen LogP contribution is 2.45. The van der Waals surface area contributed by atoms with Crippen molar-refractivity contribution in [2.24, 2.45) is 5.92 Å². The molecule has 3 aliphatic rings. The van der Waals surface area contributed by atoms with Gasteiger partial charge in [0.2, 0.25) is 6.79 Å². The Morgan fingerprint density at radius 2 is 1.90 bits per heavy atom. The maximum Gasteiger partial charge on any atom is 0.231 e. The Kier molecular flexibility index (Phi) is 3.21. The standard InChI is InChI=1S/C17H23NO3/c19-17-9-2-1-4-12(17)5-3-6-16(17)18-13-7-8-14-15(10-13)21-11-20-14/h7-8,10,12,16,18-19H,1-6,9,11H2. The Morgan fingerprint density at radius 1 is 1.05 bits per heavy atom. The first kappa shape index (κ1) is 13.3. The van der Waals surface area contributed by atoms with Gasteiger partial charge in [0.25, 0.3) is 0 Å². The van der Waals surface area contributed by atoms with Gasteiger partial charge in [0.1, 0.15) is 0 Å². The number of nitrogens with one attached hydrogen (secondary N) is 1. The first-order valence-electron chi connectivity index (χ1n) is 8.14. The maximum absolute atomic E-state index is 11.2. The first-order chi connectivity index (χ1) is 10.3. The molecule has 0 radical (unpaired) electrons. The molecular formula is C17H23NO3. The second-order valence-corrected chi connectivity index (χ2v) is 6.63. The minimum Gasteiger partial charge on any atom is -0.454 e. The summed E-state index contributed by atoms with van der Waals surface area (Å²) in [5, 5.41) is 14.8. The molecule has 2 aliphatic carbocycles. The molecule has 4 rings (SSSR count). The van der Waals surface area contributed by atoms with Crippen LogP contribution in [0, 0.1) is 5.92 Å². The van der Waals surface area contributed by atoms with Crippen LogP contribution in [-0.2, 0) is 0 Å². The number of aliphatic hydroxyl groups is 1. The van der Waals surface area contributed by atoms with Gasteiger partial charge in [-0.3, -0.25) is 0 Å². The number of hydrogen-bond acceptors (Lipinski definition) is 4. The van der Waals surface area contributed by atoms with Crippen molar-refractivity contribution in [2.75, 3.05) is 12.1 Å². The van der Waals surface area contributed by atoms with Crippen LogP contribution in [0.4, 0.5) is 5.69 Å². The minimum absolute atomic E-state index is 0.150. The van der Waals surface area contributed by atoms with Gasteiger partial charge < -0.3 is 19.9 Å². The highest BCUT2D eigenvalue weighted by Gasteiger charge is 2.47. The largest absolute Gasteiger partial charge is 0.454 e. The van der Waals surface area contributed by atoms with E-state index in [4.69, 9.17) is 9.47 Å². The van der Waals surface area contributed by atoms with Crippen molar-refractivity contribution in [3.63, 3.8) is 0 Å². The van der Waals surface area contributed by atoms with E-state index in [1.54, 1.807) is 0 Å². The quantitative estimate of drug-likeness (QED) is 0.877. The molecule has 1 aromatic rings. The molecule has 4 heteroatoms. The normalized spacial score (nSPS) is 34.3. The molecule has 21 heavy (non-hydrogen) atoms. The zero-order valence-corrected chi connectivity index (χ0v) is 12.3. The van der Waals surface area contributed by atoms with Gasteiger partial charge in [-0.1, -0.05) is 19.3 Å². The third-order valence-corrected chi connectivity index (χ3v) is 5.45. The molecule has 3 unspecified atom stereocenters. The molecule has 3 atom stereocenters. The van der Waals surface area contributed by atoms with Crippen LogP contribution < -0.4 is 14.8 Å². The fourth-order valence-electron chi connectivity index (χ4n) is 4.31.